The first kappa shape index (κ1) is 15.7. The van der Waals surface area contributed by atoms with Crippen LogP contribution >= 0.6 is 11.3 Å². The van der Waals surface area contributed by atoms with E-state index in [0.717, 1.165) is 15.6 Å². The van der Waals surface area contributed by atoms with Gasteiger partial charge in [0.25, 0.3) is 10.0 Å². The molecule has 7 nitrogen and oxygen atoms in total. The highest BCUT2D eigenvalue weighted by Crippen LogP contribution is 2.19. The van der Waals surface area contributed by atoms with Crippen molar-refractivity contribution in [1.29, 1.82) is 0 Å². The molecule has 0 spiro atoms. The molecule has 0 fully saturated rings. The van der Waals surface area contributed by atoms with Gasteiger partial charge in [0, 0.05) is 19.4 Å². The van der Waals surface area contributed by atoms with Gasteiger partial charge < -0.3 is 10.3 Å². The zero-order chi connectivity index (χ0) is 15.5. The Morgan fingerprint density at radius 2 is 2.33 bits per heavy atom. The summed E-state index contributed by atoms with van der Waals surface area (Å²) in [5, 5.41) is 4.38. The number of amides is 1. The molecule has 1 amide bonds. The minimum Gasteiger partial charge on any atom is -0.347 e. The van der Waals surface area contributed by atoms with Crippen LogP contribution in [0.15, 0.2) is 34.1 Å². The summed E-state index contributed by atoms with van der Waals surface area (Å²) in [6.45, 7) is 1.52. The fourth-order valence-electron chi connectivity index (χ4n) is 1.72. The van der Waals surface area contributed by atoms with E-state index in [2.05, 4.69) is 15.3 Å². The number of carbonyl (C=O) groups excluding carboxylic acids is 1. The van der Waals surface area contributed by atoms with Crippen molar-refractivity contribution < 1.29 is 13.2 Å². The van der Waals surface area contributed by atoms with Gasteiger partial charge in [0.1, 0.15) is 10.0 Å². The number of imidazole rings is 1. The molecule has 0 aliphatic carbocycles. The summed E-state index contributed by atoms with van der Waals surface area (Å²) in [6, 6.07) is 2.86. The fraction of sp³-hybridized carbons (Fsp3) is 0.333. The standard InChI is InChI=1S/C12H16N4O3S2/c1-9(12-13-5-6-14-12)15-10(17)8-16(2)21(18,19)11-4-3-7-20-11/h3-7,9H,8H2,1-2H3,(H,13,14)(H,15,17). The first-order valence-corrected chi connectivity index (χ1v) is 8.51. The van der Waals surface area contributed by atoms with Crippen molar-refractivity contribution in [3.63, 3.8) is 0 Å². The fourth-order valence-corrected chi connectivity index (χ4v) is 4.05. The molecule has 0 bridgehead atoms. The van der Waals surface area contributed by atoms with E-state index in [9.17, 15) is 13.2 Å². The van der Waals surface area contributed by atoms with E-state index < -0.39 is 10.0 Å². The van der Waals surface area contributed by atoms with Crippen LogP contribution in [0.1, 0.15) is 18.8 Å². The Morgan fingerprint density at radius 1 is 1.57 bits per heavy atom. The number of nitrogens with one attached hydrogen (secondary N) is 2. The lowest BCUT2D eigenvalue weighted by atomic mass is 10.3. The molecule has 1 atom stereocenters. The second-order valence-corrected chi connectivity index (χ2v) is 7.68. The van der Waals surface area contributed by atoms with Gasteiger partial charge in [-0.2, -0.15) is 4.31 Å². The lowest BCUT2D eigenvalue weighted by molar-refractivity contribution is -0.121. The molecule has 1 unspecified atom stereocenters. The van der Waals surface area contributed by atoms with Crippen LogP contribution < -0.4 is 5.32 Å². The SMILES string of the molecule is CC(NC(=O)CN(C)S(=O)(=O)c1cccs1)c1ncc[nH]1. The van der Waals surface area contributed by atoms with Crippen molar-refractivity contribution in [3.8, 4) is 0 Å². The van der Waals surface area contributed by atoms with Crippen molar-refractivity contribution in [2.45, 2.75) is 17.2 Å². The van der Waals surface area contributed by atoms with Crippen LogP contribution in [0.5, 0.6) is 0 Å². The lowest BCUT2D eigenvalue weighted by Crippen LogP contribution is -2.39. The summed E-state index contributed by atoms with van der Waals surface area (Å²) in [7, 11) is -2.23. The van der Waals surface area contributed by atoms with Crippen LogP contribution in [0, 0.1) is 0 Å². The molecule has 0 saturated heterocycles. The Bertz CT molecular complexity index is 680. The lowest BCUT2D eigenvalue weighted by Gasteiger charge is -2.17. The number of rotatable bonds is 6. The summed E-state index contributed by atoms with van der Waals surface area (Å²) in [4.78, 5) is 18.8. The minimum absolute atomic E-state index is 0.219. The van der Waals surface area contributed by atoms with Crippen molar-refractivity contribution in [2.24, 2.45) is 0 Å². The maximum atomic E-state index is 12.2. The number of nitrogens with zero attached hydrogens (tertiary/aromatic N) is 2. The normalized spacial score (nSPS) is 13.3. The average molecular weight is 328 g/mol. The predicted octanol–water partition coefficient (Wildman–Crippen LogP) is 0.969. The highest BCUT2D eigenvalue weighted by molar-refractivity contribution is 7.91. The third-order valence-corrected chi connectivity index (χ3v) is 6.01. The smallest absolute Gasteiger partial charge is 0.252 e. The third kappa shape index (κ3) is 3.69. The number of thiophene rings is 1. The molecule has 2 heterocycles. The number of carbonyl (C=O) groups is 1. The van der Waals surface area contributed by atoms with Crippen LogP contribution in [0.4, 0.5) is 0 Å². The molecule has 114 valence electrons. The van der Waals surface area contributed by atoms with Gasteiger partial charge in [0.15, 0.2) is 0 Å². The van der Waals surface area contributed by atoms with Crippen molar-refractivity contribution >= 4 is 27.3 Å². The maximum absolute atomic E-state index is 12.2. The van der Waals surface area contributed by atoms with E-state index in [1.807, 2.05) is 0 Å². The molecule has 0 radical (unpaired) electrons. The van der Waals surface area contributed by atoms with Crippen LogP contribution in [-0.2, 0) is 14.8 Å². The molecule has 9 heteroatoms. The number of sulfonamides is 1. The summed E-state index contributed by atoms with van der Waals surface area (Å²) in [5.41, 5.74) is 0. The highest BCUT2D eigenvalue weighted by Gasteiger charge is 2.24. The van der Waals surface area contributed by atoms with E-state index >= 15 is 0 Å². The van der Waals surface area contributed by atoms with E-state index in [0.29, 0.717) is 5.82 Å². The van der Waals surface area contributed by atoms with Crippen LogP contribution in [0.3, 0.4) is 0 Å². The zero-order valence-electron chi connectivity index (χ0n) is 11.6. The molecule has 2 aromatic heterocycles. The summed E-state index contributed by atoms with van der Waals surface area (Å²) in [6.07, 6.45) is 3.25. The van der Waals surface area contributed by atoms with Gasteiger partial charge in [-0.3, -0.25) is 4.79 Å². The number of aromatic nitrogens is 2. The van der Waals surface area contributed by atoms with E-state index in [1.165, 1.54) is 13.1 Å². The topological polar surface area (TPSA) is 95.2 Å². The van der Waals surface area contributed by atoms with Crippen LogP contribution in [0.25, 0.3) is 0 Å². The molecule has 21 heavy (non-hydrogen) atoms. The first-order valence-electron chi connectivity index (χ1n) is 6.19. The van der Waals surface area contributed by atoms with E-state index in [-0.39, 0.29) is 22.7 Å². The molecule has 0 aliphatic heterocycles. The molecule has 2 rings (SSSR count). The van der Waals surface area contributed by atoms with Gasteiger partial charge >= 0.3 is 0 Å². The van der Waals surface area contributed by atoms with Crippen molar-refractivity contribution in [1.82, 2.24) is 19.6 Å². The second kappa shape index (κ2) is 6.37. The Morgan fingerprint density at radius 3 is 2.90 bits per heavy atom. The molecular weight excluding hydrogens is 312 g/mol. The quantitative estimate of drug-likeness (QED) is 0.826. The van der Waals surface area contributed by atoms with Crippen molar-refractivity contribution in [3.05, 3.63) is 35.7 Å². The molecule has 0 aliphatic rings. The van der Waals surface area contributed by atoms with Gasteiger partial charge in [0.2, 0.25) is 5.91 Å². The summed E-state index contributed by atoms with van der Waals surface area (Å²) >= 11 is 1.12. The average Bonchev–Trinajstić information content (AvgIpc) is 3.12. The minimum atomic E-state index is -3.61. The molecule has 2 aromatic rings. The highest BCUT2D eigenvalue weighted by atomic mass is 32.2. The molecule has 0 saturated carbocycles. The number of hydrogen-bond acceptors (Lipinski definition) is 5. The van der Waals surface area contributed by atoms with E-state index in [4.69, 9.17) is 0 Å². The summed E-state index contributed by atoms with van der Waals surface area (Å²) < 4.78 is 25.6. The number of hydrogen-bond donors (Lipinski definition) is 2. The van der Waals surface area contributed by atoms with Gasteiger partial charge in [-0.15, -0.1) is 11.3 Å². The zero-order valence-corrected chi connectivity index (χ0v) is 13.2. The van der Waals surface area contributed by atoms with Crippen LogP contribution in [-0.4, -0.2) is 42.2 Å². The Labute approximate surface area is 127 Å². The number of H-pyrrole nitrogens is 1. The predicted molar refractivity (Wildman–Crippen MR) is 79.3 cm³/mol. The Kier molecular flexibility index (Phi) is 4.76. The maximum Gasteiger partial charge on any atom is 0.252 e. The van der Waals surface area contributed by atoms with Crippen LogP contribution in [0.2, 0.25) is 0 Å². The molecular formula is C12H16N4O3S2. The second-order valence-electron chi connectivity index (χ2n) is 4.46. The number of aromatic amines is 1. The van der Waals surface area contributed by atoms with Crippen molar-refractivity contribution in [2.75, 3.05) is 13.6 Å². The van der Waals surface area contributed by atoms with Gasteiger partial charge in [-0.25, -0.2) is 13.4 Å². The monoisotopic (exact) mass is 328 g/mol. The number of likely N-dealkylation sites (N-methyl/N-ethyl adjacent to an activating group) is 1. The Balaban J connectivity index is 1.96. The molecule has 2 N–H and O–H groups in total. The Hall–Kier alpha value is -1.71. The van der Waals surface area contributed by atoms with Gasteiger partial charge in [-0.05, 0) is 18.4 Å². The van der Waals surface area contributed by atoms with Gasteiger partial charge in [0.05, 0.1) is 12.6 Å². The molecule has 0 aromatic carbocycles. The third-order valence-electron chi connectivity index (χ3n) is 2.83. The first-order chi connectivity index (χ1) is 9.91. The van der Waals surface area contributed by atoms with E-state index in [1.54, 1.807) is 30.8 Å². The largest absolute Gasteiger partial charge is 0.347 e. The summed E-state index contributed by atoms with van der Waals surface area (Å²) in [5.74, 6) is 0.230. The van der Waals surface area contributed by atoms with Gasteiger partial charge in [-0.1, -0.05) is 6.07 Å².